The maximum Gasteiger partial charge on any atom is 0.123 e. The Labute approximate surface area is 116 Å². The number of hydrogen-bond donors (Lipinski definition) is 0. The van der Waals surface area contributed by atoms with Crippen molar-refractivity contribution in [1.82, 2.24) is 0 Å². The van der Waals surface area contributed by atoms with Crippen LogP contribution in [-0.2, 0) is 0 Å². The second kappa shape index (κ2) is 10.3. The minimum Gasteiger partial charge on any atom is -0.497 e. The zero-order valence-electron chi connectivity index (χ0n) is 7.67. The van der Waals surface area contributed by atoms with Gasteiger partial charge in [-0.15, -0.1) is 0 Å². The fourth-order valence-corrected chi connectivity index (χ4v) is 1.01. The third kappa shape index (κ3) is 6.28. The van der Waals surface area contributed by atoms with Crippen molar-refractivity contribution < 1.29 is 9.47 Å². The van der Waals surface area contributed by atoms with Crippen molar-refractivity contribution >= 4 is 53.2 Å². The molecule has 1 aromatic rings. The molecule has 0 bridgehead atoms. The molecule has 80 valence electrons. The van der Waals surface area contributed by atoms with Gasteiger partial charge in [-0.25, -0.2) is 0 Å². The summed E-state index contributed by atoms with van der Waals surface area (Å²) in [6.45, 7) is 0.674. The van der Waals surface area contributed by atoms with Gasteiger partial charge in [-0.1, -0.05) is 22.0 Å². The first-order chi connectivity index (χ1) is 6.86. The van der Waals surface area contributed by atoms with Crippen LogP contribution in [0, 0.1) is 0 Å². The van der Waals surface area contributed by atoms with Crippen LogP contribution in [0.4, 0.5) is 0 Å². The normalized spacial score (nSPS) is 8.57. The highest BCUT2D eigenvalue weighted by Crippen LogP contribution is 2.18. The lowest BCUT2D eigenvalue weighted by atomic mass is 10.3. The molecule has 0 spiro atoms. The van der Waals surface area contributed by atoms with Crippen LogP contribution in [0.2, 0.25) is 0 Å². The van der Waals surface area contributed by atoms with Gasteiger partial charge in [-0.2, -0.15) is 0 Å². The summed E-state index contributed by atoms with van der Waals surface area (Å²) in [6.07, 6.45) is 0. The first kappa shape index (κ1) is 14.8. The van der Waals surface area contributed by atoms with Gasteiger partial charge in [0.1, 0.15) is 11.5 Å². The van der Waals surface area contributed by atoms with E-state index < -0.39 is 0 Å². The molecule has 0 aliphatic heterocycles. The first-order valence-corrected chi connectivity index (χ1v) is 11.2. The Kier molecular flexibility index (Phi) is 10.8. The van der Waals surface area contributed by atoms with E-state index >= 15 is 0 Å². The number of methoxy groups -OCH3 is 1. The van der Waals surface area contributed by atoms with Crippen molar-refractivity contribution in [2.45, 2.75) is 0 Å². The maximum atomic E-state index is 5.37. The molecule has 0 fully saturated rings. The SMILES string of the molecule is COc1cccc(OCCBr)c1.II. The zero-order valence-corrected chi connectivity index (χ0v) is 13.6. The number of benzene rings is 1. The van der Waals surface area contributed by atoms with Crippen molar-refractivity contribution in [2.75, 3.05) is 19.0 Å². The molecule has 0 N–H and O–H groups in total. The largest absolute Gasteiger partial charge is 0.497 e. The summed E-state index contributed by atoms with van der Waals surface area (Å²) in [4.78, 5) is 0. The molecule has 0 atom stereocenters. The van der Waals surface area contributed by atoms with Gasteiger partial charge in [-0.3, -0.25) is 0 Å². The molecule has 0 aromatic heterocycles. The van der Waals surface area contributed by atoms with Crippen LogP contribution in [0.25, 0.3) is 0 Å². The molecule has 1 rings (SSSR count). The summed E-state index contributed by atoms with van der Waals surface area (Å²) in [7, 11) is 1.64. The summed E-state index contributed by atoms with van der Waals surface area (Å²) in [5, 5.41) is 0.838. The smallest absolute Gasteiger partial charge is 0.123 e. The van der Waals surface area contributed by atoms with Crippen molar-refractivity contribution in [3.63, 3.8) is 0 Å². The van der Waals surface area contributed by atoms with Crippen LogP contribution in [-0.4, -0.2) is 19.0 Å². The maximum absolute atomic E-state index is 5.37. The fourth-order valence-electron chi connectivity index (χ4n) is 0.847. The van der Waals surface area contributed by atoms with Crippen LogP contribution in [0.3, 0.4) is 0 Å². The minimum atomic E-state index is 0.674. The number of alkyl halides is 1. The van der Waals surface area contributed by atoms with Gasteiger partial charge >= 0.3 is 0 Å². The predicted molar refractivity (Wildman–Crippen MR) is 80.3 cm³/mol. The van der Waals surface area contributed by atoms with Crippen molar-refractivity contribution in [1.29, 1.82) is 0 Å². The molecule has 0 amide bonds. The first-order valence-electron chi connectivity index (χ1n) is 3.84. The Hall–Kier alpha value is 0.760. The second-order valence-electron chi connectivity index (χ2n) is 2.22. The molecule has 0 aliphatic carbocycles. The number of halogens is 3. The molecule has 0 radical (unpaired) electrons. The monoisotopic (exact) mass is 484 g/mol. The average Bonchev–Trinajstić information content (AvgIpc) is 2.29. The standard InChI is InChI=1S/C9H11BrO2.I2/c1-11-8-3-2-4-9(7-8)12-6-5-10;1-2/h2-4,7H,5-6H2,1H3;. The van der Waals surface area contributed by atoms with Gasteiger partial charge in [0, 0.05) is 48.6 Å². The van der Waals surface area contributed by atoms with Gasteiger partial charge in [0.2, 0.25) is 0 Å². The Morgan fingerprint density at radius 3 is 2.50 bits per heavy atom. The molecule has 0 unspecified atom stereocenters. The second-order valence-corrected chi connectivity index (χ2v) is 3.01. The summed E-state index contributed by atoms with van der Waals surface area (Å²) < 4.78 is 10.4. The van der Waals surface area contributed by atoms with Gasteiger partial charge < -0.3 is 9.47 Å². The fraction of sp³-hybridized carbons (Fsp3) is 0.333. The van der Waals surface area contributed by atoms with Gasteiger partial charge in [-0.05, 0) is 12.1 Å². The van der Waals surface area contributed by atoms with E-state index in [9.17, 15) is 0 Å². The molecule has 2 nitrogen and oxygen atoms in total. The number of ether oxygens (including phenoxy) is 2. The summed E-state index contributed by atoms with van der Waals surface area (Å²) >= 11 is 7.53. The van der Waals surface area contributed by atoms with Crippen LogP contribution in [0.5, 0.6) is 11.5 Å². The topological polar surface area (TPSA) is 18.5 Å². The quantitative estimate of drug-likeness (QED) is 0.470. The summed E-state index contributed by atoms with van der Waals surface area (Å²) in [6, 6.07) is 7.57. The predicted octanol–water partition coefficient (Wildman–Crippen LogP) is 4.24. The van der Waals surface area contributed by atoms with Crippen LogP contribution < -0.4 is 9.47 Å². The number of rotatable bonds is 4. The molecule has 0 aliphatic rings. The molecule has 14 heavy (non-hydrogen) atoms. The van der Waals surface area contributed by atoms with Gasteiger partial charge in [0.05, 0.1) is 13.7 Å². The lowest BCUT2D eigenvalue weighted by Crippen LogP contribution is -1.97. The molecule has 0 heterocycles. The molecular weight excluding hydrogens is 474 g/mol. The minimum absolute atomic E-state index is 0.674. The zero-order chi connectivity index (χ0) is 10.8. The summed E-state index contributed by atoms with van der Waals surface area (Å²) in [5.74, 6) is 1.66. The van der Waals surface area contributed by atoms with Crippen LogP contribution in [0.15, 0.2) is 24.3 Å². The van der Waals surface area contributed by atoms with Crippen LogP contribution in [0.1, 0.15) is 0 Å². The lowest BCUT2D eigenvalue weighted by molar-refractivity contribution is 0.340. The Balaban J connectivity index is 0.000000791. The van der Waals surface area contributed by atoms with E-state index in [0.29, 0.717) is 6.61 Å². The van der Waals surface area contributed by atoms with Crippen molar-refractivity contribution in [3.05, 3.63) is 24.3 Å². The van der Waals surface area contributed by atoms with E-state index in [4.69, 9.17) is 9.47 Å². The van der Waals surface area contributed by atoms with E-state index in [0.717, 1.165) is 16.8 Å². The molecule has 5 heteroatoms. The number of hydrogen-bond acceptors (Lipinski definition) is 2. The van der Waals surface area contributed by atoms with E-state index in [1.54, 1.807) is 7.11 Å². The Morgan fingerprint density at radius 2 is 1.93 bits per heavy atom. The van der Waals surface area contributed by atoms with Gasteiger partial charge in [0.25, 0.3) is 0 Å². The van der Waals surface area contributed by atoms with Crippen molar-refractivity contribution in [3.8, 4) is 11.5 Å². The Morgan fingerprint density at radius 1 is 1.29 bits per heavy atom. The average molecular weight is 485 g/mol. The lowest BCUT2D eigenvalue weighted by Gasteiger charge is -2.05. The highest BCUT2D eigenvalue weighted by Gasteiger charge is 1.94. The highest BCUT2D eigenvalue weighted by atomic mass is 128. The molecule has 0 saturated heterocycles. The van der Waals surface area contributed by atoms with E-state index in [1.165, 1.54) is 0 Å². The highest BCUT2D eigenvalue weighted by molar-refractivity contribution is 15.0. The van der Waals surface area contributed by atoms with E-state index in [2.05, 4.69) is 53.2 Å². The Bertz CT molecular complexity index is 246. The third-order valence-corrected chi connectivity index (χ3v) is 1.71. The third-order valence-electron chi connectivity index (χ3n) is 1.39. The van der Waals surface area contributed by atoms with E-state index in [1.807, 2.05) is 24.3 Å². The van der Waals surface area contributed by atoms with Gasteiger partial charge in [0.15, 0.2) is 0 Å². The molecular formula is C9H11BrI2O2. The molecule has 1 aromatic carbocycles. The molecule has 0 saturated carbocycles. The van der Waals surface area contributed by atoms with Crippen molar-refractivity contribution in [2.24, 2.45) is 0 Å². The summed E-state index contributed by atoms with van der Waals surface area (Å²) in [5.41, 5.74) is 0. The van der Waals surface area contributed by atoms with E-state index in [-0.39, 0.29) is 0 Å². The van der Waals surface area contributed by atoms with Crippen LogP contribution >= 0.6 is 53.2 Å².